The lowest BCUT2D eigenvalue weighted by Gasteiger charge is -2.12. The largest absolute Gasteiger partial charge is 0.494 e. The highest BCUT2D eigenvalue weighted by Crippen LogP contribution is 2.15. The molecule has 102 valence electrons. The number of benzene rings is 1. The summed E-state index contributed by atoms with van der Waals surface area (Å²) < 4.78 is 5.64. The van der Waals surface area contributed by atoms with Crippen LogP contribution in [0, 0.1) is 0 Å². The summed E-state index contributed by atoms with van der Waals surface area (Å²) in [6, 6.07) is 8.14. The summed E-state index contributed by atoms with van der Waals surface area (Å²) in [5.74, 6) is 0.900. The molecule has 0 aromatic heterocycles. The molecule has 0 fully saturated rings. The number of unbranched alkanes of at least 4 members (excludes halogenated alkanes) is 1. The van der Waals surface area contributed by atoms with Gasteiger partial charge >= 0.3 is 0 Å². The summed E-state index contributed by atoms with van der Waals surface area (Å²) in [7, 11) is 0. The first-order valence-electron chi connectivity index (χ1n) is 6.84. The zero-order chi connectivity index (χ0) is 13.2. The monoisotopic (exact) mass is 269 g/mol. The van der Waals surface area contributed by atoms with Gasteiger partial charge in [0.1, 0.15) is 5.75 Å². The Kier molecular flexibility index (Phi) is 7.86. The fourth-order valence-corrected chi connectivity index (χ4v) is 1.89. The maximum absolute atomic E-state index is 5.81. The Morgan fingerprint density at radius 2 is 1.94 bits per heavy atom. The molecule has 1 rings (SSSR count). The molecule has 1 atom stereocenters. The van der Waals surface area contributed by atoms with Crippen LogP contribution in [-0.4, -0.2) is 19.2 Å². The van der Waals surface area contributed by atoms with Crippen LogP contribution in [0.25, 0.3) is 0 Å². The van der Waals surface area contributed by atoms with E-state index in [1.807, 2.05) is 24.3 Å². The van der Waals surface area contributed by atoms with Gasteiger partial charge in [0.05, 0.1) is 6.61 Å². The van der Waals surface area contributed by atoms with Gasteiger partial charge in [0.2, 0.25) is 0 Å². The van der Waals surface area contributed by atoms with Crippen molar-refractivity contribution in [2.24, 2.45) is 0 Å². The minimum absolute atomic E-state index is 0.612. The number of nitrogens with one attached hydrogen (secondary N) is 1. The molecule has 18 heavy (non-hydrogen) atoms. The molecule has 1 aromatic carbocycles. The Morgan fingerprint density at radius 3 is 2.61 bits per heavy atom. The number of rotatable bonds is 9. The molecule has 0 saturated carbocycles. The summed E-state index contributed by atoms with van der Waals surface area (Å²) in [6.45, 7) is 6.33. The van der Waals surface area contributed by atoms with Crippen LogP contribution in [0.2, 0.25) is 5.02 Å². The fraction of sp³-hybridized carbons (Fsp3) is 0.600. The van der Waals surface area contributed by atoms with Gasteiger partial charge in [0.15, 0.2) is 0 Å². The lowest BCUT2D eigenvalue weighted by atomic mass is 10.1. The summed E-state index contributed by atoms with van der Waals surface area (Å²) in [6.07, 6.45) is 4.71. The van der Waals surface area contributed by atoms with Crippen molar-refractivity contribution >= 4 is 11.6 Å². The molecule has 0 saturated heterocycles. The van der Waals surface area contributed by atoms with Gasteiger partial charge < -0.3 is 10.1 Å². The van der Waals surface area contributed by atoms with Crippen LogP contribution in [0.15, 0.2) is 24.3 Å². The van der Waals surface area contributed by atoms with Gasteiger partial charge in [-0.25, -0.2) is 0 Å². The molecule has 0 heterocycles. The van der Waals surface area contributed by atoms with Crippen LogP contribution in [0.1, 0.15) is 39.5 Å². The standard InChI is InChI=1S/C15H24ClNO/c1-3-11-17-13(2)6-4-5-12-18-15-9-7-14(16)8-10-15/h7-10,13,17H,3-6,11-12H2,1-2H3. The summed E-state index contributed by atoms with van der Waals surface area (Å²) in [5.41, 5.74) is 0. The first-order valence-corrected chi connectivity index (χ1v) is 7.22. The highest BCUT2D eigenvalue weighted by molar-refractivity contribution is 6.30. The fourth-order valence-electron chi connectivity index (χ4n) is 1.77. The third kappa shape index (κ3) is 6.87. The molecule has 1 N–H and O–H groups in total. The van der Waals surface area contributed by atoms with Crippen LogP contribution in [0.4, 0.5) is 0 Å². The van der Waals surface area contributed by atoms with Crippen molar-refractivity contribution in [1.29, 1.82) is 0 Å². The predicted molar refractivity (Wildman–Crippen MR) is 78.6 cm³/mol. The maximum Gasteiger partial charge on any atom is 0.119 e. The lowest BCUT2D eigenvalue weighted by Crippen LogP contribution is -2.26. The average Bonchev–Trinajstić information content (AvgIpc) is 2.38. The van der Waals surface area contributed by atoms with E-state index < -0.39 is 0 Å². The number of ether oxygens (including phenoxy) is 1. The molecule has 0 aliphatic rings. The number of hydrogen-bond donors (Lipinski definition) is 1. The van der Waals surface area contributed by atoms with E-state index in [2.05, 4.69) is 19.2 Å². The van der Waals surface area contributed by atoms with Gasteiger partial charge in [-0.1, -0.05) is 18.5 Å². The Balaban J connectivity index is 2.03. The molecule has 0 bridgehead atoms. The Bertz CT molecular complexity index is 313. The van der Waals surface area contributed by atoms with Crippen molar-refractivity contribution in [2.75, 3.05) is 13.2 Å². The Hall–Kier alpha value is -0.730. The number of halogens is 1. The zero-order valence-corrected chi connectivity index (χ0v) is 12.2. The molecular weight excluding hydrogens is 246 g/mol. The molecule has 0 amide bonds. The molecule has 0 spiro atoms. The highest BCUT2D eigenvalue weighted by atomic mass is 35.5. The second kappa shape index (κ2) is 9.23. The van der Waals surface area contributed by atoms with Crippen molar-refractivity contribution in [3.05, 3.63) is 29.3 Å². The second-order valence-corrected chi connectivity index (χ2v) is 5.09. The molecule has 2 nitrogen and oxygen atoms in total. The van der Waals surface area contributed by atoms with E-state index in [0.717, 1.165) is 30.3 Å². The zero-order valence-electron chi connectivity index (χ0n) is 11.4. The molecule has 3 heteroatoms. The van der Waals surface area contributed by atoms with E-state index in [0.29, 0.717) is 6.04 Å². The minimum atomic E-state index is 0.612. The van der Waals surface area contributed by atoms with Crippen LogP contribution in [-0.2, 0) is 0 Å². The van der Waals surface area contributed by atoms with Crippen LogP contribution < -0.4 is 10.1 Å². The van der Waals surface area contributed by atoms with E-state index in [9.17, 15) is 0 Å². The predicted octanol–water partition coefficient (Wildman–Crippen LogP) is 4.28. The molecule has 1 unspecified atom stereocenters. The van der Waals surface area contributed by atoms with Crippen molar-refractivity contribution in [2.45, 2.75) is 45.6 Å². The van der Waals surface area contributed by atoms with Crippen molar-refractivity contribution in [3.8, 4) is 5.75 Å². The highest BCUT2D eigenvalue weighted by Gasteiger charge is 2.00. The molecule has 0 radical (unpaired) electrons. The van der Waals surface area contributed by atoms with E-state index in [-0.39, 0.29) is 0 Å². The third-order valence-electron chi connectivity index (χ3n) is 2.86. The van der Waals surface area contributed by atoms with E-state index in [1.54, 1.807) is 0 Å². The lowest BCUT2D eigenvalue weighted by molar-refractivity contribution is 0.301. The van der Waals surface area contributed by atoms with Gasteiger partial charge in [0, 0.05) is 11.1 Å². The first kappa shape index (κ1) is 15.3. The van der Waals surface area contributed by atoms with Gasteiger partial charge in [0.25, 0.3) is 0 Å². The van der Waals surface area contributed by atoms with E-state index >= 15 is 0 Å². The first-order chi connectivity index (χ1) is 8.72. The molecular formula is C15H24ClNO. The van der Waals surface area contributed by atoms with E-state index in [1.165, 1.54) is 19.3 Å². The summed E-state index contributed by atoms with van der Waals surface area (Å²) in [5, 5.41) is 4.24. The Morgan fingerprint density at radius 1 is 1.22 bits per heavy atom. The Labute approximate surface area is 116 Å². The van der Waals surface area contributed by atoms with Crippen LogP contribution in [0.5, 0.6) is 5.75 Å². The molecule has 1 aromatic rings. The second-order valence-electron chi connectivity index (χ2n) is 4.65. The average molecular weight is 270 g/mol. The molecule has 0 aliphatic carbocycles. The summed E-state index contributed by atoms with van der Waals surface area (Å²) in [4.78, 5) is 0. The van der Waals surface area contributed by atoms with Crippen LogP contribution >= 0.6 is 11.6 Å². The summed E-state index contributed by atoms with van der Waals surface area (Å²) >= 11 is 5.81. The normalized spacial score (nSPS) is 12.4. The van der Waals surface area contributed by atoms with Crippen molar-refractivity contribution in [3.63, 3.8) is 0 Å². The smallest absolute Gasteiger partial charge is 0.119 e. The van der Waals surface area contributed by atoms with E-state index in [4.69, 9.17) is 16.3 Å². The number of hydrogen-bond acceptors (Lipinski definition) is 2. The van der Waals surface area contributed by atoms with Crippen molar-refractivity contribution < 1.29 is 4.74 Å². The van der Waals surface area contributed by atoms with Gasteiger partial charge in [-0.05, 0) is 63.4 Å². The van der Waals surface area contributed by atoms with Crippen molar-refractivity contribution in [1.82, 2.24) is 5.32 Å². The third-order valence-corrected chi connectivity index (χ3v) is 3.11. The topological polar surface area (TPSA) is 21.3 Å². The van der Waals surface area contributed by atoms with Gasteiger partial charge in [-0.2, -0.15) is 0 Å². The van der Waals surface area contributed by atoms with Gasteiger partial charge in [-0.15, -0.1) is 0 Å². The quantitative estimate of drug-likeness (QED) is 0.676. The maximum atomic E-state index is 5.81. The minimum Gasteiger partial charge on any atom is -0.494 e. The van der Waals surface area contributed by atoms with Gasteiger partial charge in [-0.3, -0.25) is 0 Å². The van der Waals surface area contributed by atoms with Crippen LogP contribution in [0.3, 0.4) is 0 Å². The molecule has 0 aliphatic heterocycles. The SMILES string of the molecule is CCCNC(C)CCCCOc1ccc(Cl)cc1.